The quantitative estimate of drug-likeness (QED) is 0.543. The summed E-state index contributed by atoms with van der Waals surface area (Å²) in [5, 5.41) is 0. The number of nitrogens with zero attached hydrogens (tertiary/aromatic N) is 2. The topological polar surface area (TPSA) is 62.0 Å². The monoisotopic (exact) mass is 428 g/mol. The Balaban J connectivity index is 2.13. The van der Waals surface area contributed by atoms with E-state index < -0.39 is 0 Å². The Bertz CT molecular complexity index is 1120. The third-order valence-electron chi connectivity index (χ3n) is 4.70. The zero-order valence-corrected chi connectivity index (χ0v) is 19.2. The van der Waals surface area contributed by atoms with Crippen LogP contribution in [0.4, 0.5) is 0 Å². The van der Waals surface area contributed by atoms with E-state index in [0.29, 0.717) is 47.4 Å². The molecule has 0 aliphatic carbocycles. The number of benzene rings is 2. The molecule has 1 aromatic heterocycles. The minimum Gasteiger partial charge on any atom is -0.490 e. The molecule has 0 fully saturated rings. The van der Waals surface area contributed by atoms with Crippen molar-refractivity contribution >= 4 is 27.5 Å². The molecule has 3 aromatic rings. The molecule has 160 valence electrons. The molecular weight excluding hydrogens is 400 g/mol. The Labute approximate surface area is 180 Å². The first kappa shape index (κ1) is 21.9. The largest absolute Gasteiger partial charge is 0.490 e. The van der Waals surface area contributed by atoms with Gasteiger partial charge >= 0.3 is 0 Å². The van der Waals surface area contributed by atoms with Gasteiger partial charge < -0.3 is 18.8 Å². The van der Waals surface area contributed by atoms with Gasteiger partial charge in [-0.1, -0.05) is 23.5 Å². The molecule has 0 N–H and O–H groups in total. The second-order valence-corrected chi connectivity index (χ2v) is 7.82. The van der Waals surface area contributed by atoms with E-state index in [1.165, 1.54) is 16.9 Å². The van der Waals surface area contributed by atoms with E-state index in [2.05, 4.69) is 31.0 Å². The van der Waals surface area contributed by atoms with Gasteiger partial charge in [0.15, 0.2) is 16.3 Å². The lowest BCUT2D eigenvalue weighted by atomic mass is 10.1. The standard InChI is InChI=1S/C23H28N2O4S/c1-7-27-17-12-16(13-18(28-8-2)20(17)29-9-3)22(26)24-23-25(6)19-14(4)10-11-15(5)21(19)30-23/h10-13H,7-9H2,1-6H3. The number of hydrogen-bond acceptors (Lipinski definition) is 5. The molecule has 0 unspecified atom stereocenters. The number of fused-ring (bicyclic) bond motifs is 1. The molecule has 0 aliphatic heterocycles. The van der Waals surface area contributed by atoms with Gasteiger partial charge in [0.05, 0.1) is 30.0 Å². The third kappa shape index (κ3) is 4.21. The number of hydrogen-bond donors (Lipinski definition) is 0. The molecule has 1 amide bonds. The molecule has 0 saturated heterocycles. The van der Waals surface area contributed by atoms with Crippen molar-refractivity contribution in [2.45, 2.75) is 34.6 Å². The van der Waals surface area contributed by atoms with Crippen LogP contribution in [-0.2, 0) is 7.05 Å². The van der Waals surface area contributed by atoms with E-state index >= 15 is 0 Å². The maximum Gasteiger partial charge on any atom is 0.279 e. The number of amides is 1. The van der Waals surface area contributed by atoms with Crippen LogP contribution in [0.15, 0.2) is 29.3 Å². The molecule has 3 rings (SSSR count). The highest BCUT2D eigenvalue weighted by atomic mass is 32.1. The second kappa shape index (κ2) is 9.34. The van der Waals surface area contributed by atoms with E-state index in [-0.39, 0.29) is 5.91 Å². The minimum atomic E-state index is -0.350. The molecule has 7 heteroatoms. The summed E-state index contributed by atoms with van der Waals surface area (Å²) in [5.74, 6) is 1.13. The normalized spacial score (nSPS) is 11.7. The zero-order valence-electron chi connectivity index (χ0n) is 18.4. The van der Waals surface area contributed by atoms with Crippen molar-refractivity contribution in [2.24, 2.45) is 12.0 Å². The minimum absolute atomic E-state index is 0.350. The van der Waals surface area contributed by atoms with Gasteiger partial charge in [0.1, 0.15) is 0 Å². The zero-order chi connectivity index (χ0) is 21.8. The first-order valence-electron chi connectivity index (χ1n) is 10.1. The summed E-state index contributed by atoms with van der Waals surface area (Å²) in [6, 6.07) is 7.53. The van der Waals surface area contributed by atoms with Crippen LogP contribution in [0.2, 0.25) is 0 Å². The molecule has 6 nitrogen and oxygen atoms in total. The maximum absolute atomic E-state index is 13.1. The molecule has 2 aromatic carbocycles. The van der Waals surface area contributed by atoms with E-state index in [1.807, 2.05) is 32.4 Å². The molecule has 0 spiro atoms. The van der Waals surface area contributed by atoms with Crippen LogP contribution in [0.3, 0.4) is 0 Å². The van der Waals surface area contributed by atoms with Gasteiger partial charge in [0.2, 0.25) is 5.75 Å². The molecule has 0 bridgehead atoms. The number of carbonyl (C=O) groups is 1. The lowest BCUT2D eigenvalue weighted by Crippen LogP contribution is -2.14. The molecule has 0 saturated carbocycles. The van der Waals surface area contributed by atoms with Crippen molar-refractivity contribution in [1.29, 1.82) is 0 Å². The van der Waals surface area contributed by atoms with E-state index in [4.69, 9.17) is 14.2 Å². The van der Waals surface area contributed by atoms with Gasteiger partial charge in [-0.15, -0.1) is 0 Å². The van der Waals surface area contributed by atoms with Crippen molar-refractivity contribution in [2.75, 3.05) is 19.8 Å². The van der Waals surface area contributed by atoms with Gasteiger partial charge in [-0.2, -0.15) is 4.99 Å². The Kier molecular flexibility index (Phi) is 6.82. The van der Waals surface area contributed by atoms with Crippen LogP contribution >= 0.6 is 11.3 Å². The summed E-state index contributed by atoms with van der Waals surface area (Å²) in [5.41, 5.74) is 3.82. The summed E-state index contributed by atoms with van der Waals surface area (Å²) in [6.07, 6.45) is 0. The van der Waals surface area contributed by atoms with Crippen LogP contribution < -0.4 is 19.0 Å². The van der Waals surface area contributed by atoms with Gasteiger partial charge in [-0.25, -0.2) is 0 Å². The van der Waals surface area contributed by atoms with Gasteiger partial charge in [-0.05, 0) is 57.9 Å². The van der Waals surface area contributed by atoms with E-state index in [1.54, 1.807) is 12.1 Å². The highest BCUT2D eigenvalue weighted by Gasteiger charge is 2.18. The van der Waals surface area contributed by atoms with Gasteiger partial charge in [0.25, 0.3) is 5.91 Å². The Hall–Kier alpha value is -2.80. The first-order chi connectivity index (χ1) is 14.4. The van der Waals surface area contributed by atoms with Crippen molar-refractivity contribution in [3.05, 3.63) is 45.8 Å². The second-order valence-electron chi connectivity index (χ2n) is 6.84. The molecule has 0 atom stereocenters. The van der Waals surface area contributed by atoms with Gasteiger partial charge in [-0.3, -0.25) is 4.79 Å². The number of rotatable bonds is 7. The van der Waals surface area contributed by atoms with Crippen LogP contribution in [0.25, 0.3) is 10.2 Å². The predicted octanol–water partition coefficient (Wildman–Crippen LogP) is 4.79. The highest BCUT2D eigenvalue weighted by molar-refractivity contribution is 7.16. The fourth-order valence-electron chi connectivity index (χ4n) is 3.33. The average molecular weight is 429 g/mol. The Morgan fingerprint density at radius 2 is 1.53 bits per heavy atom. The average Bonchev–Trinajstić information content (AvgIpc) is 3.05. The van der Waals surface area contributed by atoms with Crippen molar-refractivity contribution in [3.63, 3.8) is 0 Å². The fraction of sp³-hybridized carbons (Fsp3) is 0.391. The van der Waals surface area contributed by atoms with Crippen LogP contribution in [0, 0.1) is 13.8 Å². The Morgan fingerprint density at radius 1 is 0.967 bits per heavy atom. The van der Waals surface area contributed by atoms with E-state index in [9.17, 15) is 4.79 Å². The summed E-state index contributed by atoms with van der Waals surface area (Å²) >= 11 is 1.52. The van der Waals surface area contributed by atoms with Crippen molar-refractivity contribution in [1.82, 2.24) is 4.57 Å². The predicted molar refractivity (Wildman–Crippen MR) is 120 cm³/mol. The molecule has 30 heavy (non-hydrogen) atoms. The van der Waals surface area contributed by atoms with Crippen molar-refractivity contribution in [3.8, 4) is 17.2 Å². The summed E-state index contributed by atoms with van der Waals surface area (Å²) in [6.45, 7) is 11.2. The number of aromatic nitrogens is 1. The first-order valence-corrected chi connectivity index (χ1v) is 10.9. The maximum atomic E-state index is 13.1. The lowest BCUT2D eigenvalue weighted by molar-refractivity contribution is 0.0997. The smallest absolute Gasteiger partial charge is 0.279 e. The SMILES string of the molecule is CCOc1cc(C(=O)N=c2sc3c(C)ccc(C)c3n2C)cc(OCC)c1OCC. The van der Waals surface area contributed by atoms with Gasteiger partial charge in [0, 0.05) is 12.6 Å². The molecule has 0 radical (unpaired) electrons. The summed E-state index contributed by atoms with van der Waals surface area (Å²) in [4.78, 5) is 18.1. The molecule has 1 heterocycles. The lowest BCUT2D eigenvalue weighted by Gasteiger charge is -2.16. The summed E-state index contributed by atoms with van der Waals surface area (Å²) in [7, 11) is 1.94. The van der Waals surface area contributed by atoms with Crippen LogP contribution in [0.1, 0.15) is 42.3 Å². The highest BCUT2D eigenvalue weighted by Crippen LogP contribution is 2.39. The number of ether oxygens (including phenoxy) is 3. The Morgan fingerprint density at radius 3 is 2.07 bits per heavy atom. The third-order valence-corrected chi connectivity index (χ3v) is 5.97. The number of carbonyl (C=O) groups excluding carboxylic acids is 1. The fourth-order valence-corrected chi connectivity index (χ4v) is 4.50. The van der Waals surface area contributed by atoms with Crippen molar-refractivity contribution < 1.29 is 19.0 Å². The number of thiazole rings is 1. The summed E-state index contributed by atoms with van der Waals surface area (Å²) < 4.78 is 20.3. The van der Waals surface area contributed by atoms with Crippen LogP contribution in [0.5, 0.6) is 17.2 Å². The van der Waals surface area contributed by atoms with E-state index in [0.717, 1.165) is 15.8 Å². The molecular formula is C23H28N2O4S. The number of aryl methyl sites for hydroxylation is 3. The molecule has 0 aliphatic rings. The van der Waals surface area contributed by atoms with Crippen LogP contribution in [-0.4, -0.2) is 30.3 Å².